The van der Waals surface area contributed by atoms with Gasteiger partial charge >= 0.3 is 5.97 Å². The van der Waals surface area contributed by atoms with E-state index < -0.39 is 17.8 Å². The molecule has 2 aliphatic rings. The zero-order valence-corrected chi connectivity index (χ0v) is 12.2. The number of carbonyl (C=O) groups excluding carboxylic acids is 1. The highest BCUT2D eigenvalue weighted by molar-refractivity contribution is 5.85. The largest absolute Gasteiger partial charge is 0.481 e. The van der Waals surface area contributed by atoms with Crippen molar-refractivity contribution in [2.45, 2.75) is 25.9 Å². The summed E-state index contributed by atoms with van der Waals surface area (Å²) in [6.45, 7) is 4.84. The van der Waals surface area contributed by atoms with Crippen molar-refractivity contribution in [2.24, 2.45) is 17.8 Å². The number of nitrogens with zero attached hydrogens (tertiary/aromatic N) is 1. The number of rotatable bonds is 4. The molecule has 6 heteroatoms. The number of likely N-dealkylation sites (N-methyl/N-ethyl adjacent to an activating group) is 1. The van der Waals surface area contributed by atoms with Gasteiger partial charge in [0.1, 0.15) is 0 Å². The van der Waals surface area contributed by atoms with Crippen LogP contribution < -0.4 is 5.32 Å². The van der Waals surface area contributed by atoms with E-state index in [1.165, 1.54) is 0 Å². The van der Waals surface area contributed by atoms with Gasteiger partial charge in [-0.2, -0.15) is 0 Å². The molecule has 0 radical (unpaired) electrons. The monoisotopic (exact) mass is 284 g/mol. The second-order valence-electron chi connectivity index (χ2n) is 6.13. The highest BCUT2D eigenvalue weighted by atomic mass is 16.5. The summed E-state index contributed by atoms with van der Waals surface area (Å²) in [4.78, 5) is 25.6. The maximum absolute atomic E-state index is 12.2. The number of hydrogen-bond donors (Lipinski definition) is 2. The van der Waals surface area contributed by atoms with E-state index in [0.29, 0.717) is 31.9 Å². The third-order valence-corrected chi connectivity index (χ3v) is 4.30. The Balaban J connectivity index is 1.83. The number of aliphatic carboxylic acids is 1. The summed E-state index contributed by atoms with van der Waals surface area (Å²) in [5, 5.41) is 12.1. The summed E-state index contributed by atoms with van der Waals surface area (Å²) in [5.41, 5.74) is 0. The van der Waals surface area contributed by atoms with Gasteiger partial charge in [0.15, 0.2) is 0 Å². The van der Waals surface area contributed by atoms with E-state index in [-0.39, 0.29) is 12.0 Å². The quantitative estimate of drug-likeness (QED) is 0.770. The van der Waals surface area contributed by atoms with Crippen LogP contribution in [0.15, 0.2) is 0 Å². The molecule has 4 atom stereocenters. The van der Waals surface area contributed by atoms with E-state index in [1.807, 2.05) is 14.0 Å². The fraction of sp³-hybridized carbons (Fsp3) is 0.857. The van der Waals surface area contributed by atoms with Crippen LogP contribution in [0, 0.1) is 17.8 Å². The number of carbonyl (C=O) groups is 2. The van der Waals surface area contributed by atoms with Gasteiger partial charge in [0.25, 0.3) is 0 Å². The molecule has 2 N–H and O–H groups in total. The average Bonchev–Trinajstić information content (AvgIpc) is 2.78. The molecule has 1 amide bonds. The van der Waals surface area contributed by atoms with Gasteiger partial charge in [-0.25, -0.2) is 0 Å². The SMILES string of the molecule is CC1CC(C(=O)O)C(C(=O)NCC2CN(C)CCO2)C1. The van der Waals surface area contributed by atoms with Crippen molar-refractivity contribution in [1.82, 2.24) is 10.2 Å². The third-order valence-electron chi connectivity index (χ3n) is 4.30. The van der Waals surface area contributed by atoms with Gasteiger partial charge in [0.2, 0.25) is 5.91 Å². The van der Waals surface area contributed by atoms with Crippen molar-refractivity contribution in [2.75, 3.05) is 33.3 Å². The lowest BCUT2D eigenvalue weighted by atomic mass is 9.95. The molecule has 20 heavy (non-hydrogen) atoms. The lowest BCUT2D eigenvalue weighted by Crippen LogP contribution is -2.47. The third kappa shape index (κ3) is 3.70. The molecule has 0 aromatic rings. The van der Waals surface area contributed by atoms with Gasteiger partial charge < -0.3 is 20.1 Å². The Hall–Kier alpha value is -1.14. The van der Waals surface area contributed by atoms with Crippen LogP contribution in [-0.4, -0.2) is 61.3 Å². The van der Waals surface area contributed by atoms with Crippen LogP contribution in [0.25, 0.3) is 0 Å². The van der Waals surface area contributed by atoms with Gasteiger partial charge in [-0.3, -0.25) is 9.59 Å². The Labute approximate surface area is 119 Å². The Morgan fingerprint density at radius 1 is 1.35 bits per heavy atom. The van der Waals surface area contributed by atoms with Crippen LogP contribution in [0.4, 0.5) is 0 Å². The number of hydrogen-bond acceptors (Lipinski definition) is 4. The zero-order valence-electron chi connectivity index (χ0n) is 12.2. The van der Waals surface area contributed by atoms with Crippen molar-refractivity contribution in [1.29, 1.82) is 0 Å². The van der Waals surface area contributed by atoms with Crippen LogP contribution in [-0.2, 0) is 14.3 Å². The highest BCUT2D eigenvalue weighted by Gasteiger charge is 2.41. The minimum Gasteiger partial charge on any atom is -0.481 e. The van der Waals surface area contributed by atoms with E-state index in [2.05, 4.69) is 10.2 Å². The minimum atomic E-state index is -0.858. The molecule has 1 saturated carbocycles. The number of amides is 1. The predicted octanol–water partition coefficient (Wildman–Crippen LogP) is 0.180. The Morgan fingerprint density at radius 3 is 2.70 bits per heavy atom. The molecule has 2 rings (SSSR count). The lowest BCUT2D eigenvalue weighted by molar-refractivity contribution is -0.146. The van der Waals surface area contributed by atoms with Gasteiger partial charge in [0.05, 0.1) is 24.5 Å². The van der Waals surface area contributed by atoms with E-state index in [9.17, 15) is 14.7 Å². The number of morpholine rings is 1. The maximum atomic E-state index is 12.2. The molecule has 0 bridgehead atoms. The highest BCUT2D eigenvalue weighted by Crippen LogP contribution is 2.36. The fourth-order valence-corrected chi connectivity index (χ4v) is 3.19. The lowest BCUT2D eigenvalue weighted by Gasteiger charge is -2.30. The second kappa shape index (κ2) is 6.54. The number of ether oxygens (including phenoxy) is 1. The molecule has 0 aromatic carbocycles. The van der Waals surface area contributed by atoms with Gasteiger partial charge in [0, 0.05) is 19.6 Å². The van der Waals surface area contributed by atoms with Crippen molar-refractivity contribution < 1.29 is 19.4 Å². The van der Waals surface area contributed by atoms with Gasteiger partial charge in [-0.15, -0.1) is 0 Å². The molecule has 1 aliphatic heterocycles. The number of nitrogens with one attached hydrogen (secondary N) is 1. The van der Waals surface area contributed by atoms with Gasteiger partial charge in [-0.1, -0.05) is 6.92 Å². The summed E-state index contributed by atoms with van der Waals surface area (Å²) in [6.07, 6.45) is 1.25. The molecule has 114 valence electrons. The van der Waals surface area contributed by atoms with Crippen LogP contribution in [0.5, 0.6) is 0 Å². The van der Waals surface area contributed by atoms with Crippen molar-refractivity contribution >= 4 is 11.9 Å². The number of carboxylic acids is 1. The number of carboxylic acid groups (broad SMARTS) is 1. The maximum Gasteiger partial charge on any atom is 0.307 e. The molecule has 0 spiro atoms. The predicted molar refractivity (Wildman–Crippen MR) is 73.3 cm³/mol. The van der Waals surface area contributed by atoms with Crippen LogP contribution in [0.2, 0.25) is 0 Å². The molecule has 1 saturated heterocycles. The minimum absolute atomic E-state index is 0.000181. The van der Waals surface area contributed by atoms with E-state index in [0.717, 1.165) is 13.1 Å². The van der Waals surface area contributed by atoms with Crippen LogP contribution in [0.3, 0.4) is 0 Å². The standard InChI is InChI=1S/C14H24N2O4/c1-9-5-11(12(6-9)14(18)19)13(17)15-7-10-8-16(2)3-4-20-10/h9-12H,3-8H2,1-2H3,(H,15,17)(H,18,19). The summed E-state index contributed by atoms with van der Waals surface area (Å²) < 4.78 is 5.58. The molecule has 1 heterocycles. The van der Waals surface area contributed by atoms with Crippen molar-refractivity contribution in [3.63, 3.8) is 0 Å². The molecular weight excluding hydrogens is 260 g/mol. The summed E-state index contributed by atoms with van der Waals surface area (Å²) >= 11 is 0. The van der Waals surface area contributed by atoms with Crippen molar-refractivity contribution in [3.8, 4) is 0 Å². The fourth-order valence-electron chi connectivity index (χ4n) is 3.19. The van der Waals surface area contributed by atoms with Crippen LogP contribution in [0.1, 0.15) is 19.8 Å². The van der Waals surface area contributed by atoms with E-state index >= 15 is 0 Å². The topological polar surface area (TPSA) is 78.9 Å². The first-order chi connectivity index (χ1) is 9.47. The first-order valence-electron chi connectivity index (χ1n) is 7.28. The summed E-state index contributed by atoms with van der Waals surface area (Å²) in [7, 11) is 2.02. The Morgan fingerprint density at radius 2 is 2.05 bits per heavy atom. The Bertz CT molecular complexity index is 374. The summed E-state index contributed by atoms with van der Waals surface area (Å²) in [5.74, 6) is -1.64. The first kappa shape index (κ1) is 15.3. The van der Waals surface area contributed by atoms with E-state index in [4.69, 9.17) is 4.74 Å². The first-order valence-corrected chi connectivity index (χ1v) is 7.28. The average molecular weight is 284 g/mol. The van der Waals surface area contributed by atoms with Gasteiger partial charge in [-0.05, 0) is 25.8 Å². The molecule has 6 nitrogen and oxygen atoms in total. The van der Waals surface area contributed by atoms with E-state index in [1.54, 1.807) is 0 Å². The molecule has 1 aliphatic carbocycles. The molecule has 2 fully saturated rings. The second-order valence-corrected chi connectivity index (χ2v) is 6.13. The summed E-state index contributed by atoms with van der Waals surface area (Å²) in [6, 6.07) is 0. The molecule has 0 aromatic heterocycles. The van der Waals surface area contributed by atoms with Crippen molar-refractivity contribution in [3.05, 3.63) is 0 Å². The zero-order chi connectivity index (χ0) is 14.7. The molecular formula is C14H24N2O4. The van der Waals surface area contributed by atoms with Crippen LogP contribution >= 0.6 is 0 Å². The Kier molecular flexibility index (Phi) is 4.99. The molecule has 4 unspecified atom stereocenters. The normalized spacial score (nSPS) is 34.9. The smallest absolute Gasteiger partial charge is 0.307 e.